The molecule has 0 saturated carbocycles. The Balaban J connectivity index is 0.00000576. The summed E-state index contributed by atoms with van der Waals surface area (Å²) in [6, 6.07) is 8.20. The minimum atomic E-state index is 0. The van der Waals surface area contributed by atoms with Crippen molar-refractivity contribution in [1.82, 2.24) is 15.5 Å². The molecule has 0 unspecified atom stereocenters. The molecule has 0 aliphatic heterocycles. The number of amides is 1. The highest BCUT2D eigenvalue weighted by Crippen LogP contribution is 2.09. The lowest BCUT2D eigenvalue weighted by Gasteiger charge is -2.14. The van der Waals surface area contributed by atoms with Crippen molar-refractivity contribution in [3.8, 4) is 0 Å². The zero-order valence-corrected chi connectivity index (χ0v) is 18.2. The van der Waals surface area contributed by atoms with E-state index in [2.05, 4.69) is 27.8 Å². The molecule has 6 nitrogen and oxygen atoms in total. The van der Waals surface area contributed by atoms with Gasteiger partial charge in [0.25, 0.3) is 0 Å². The van der Waals surface area contributed by atoms with Gasteiger partial charge in [0.05, 0.1) is 25.8 Å². The van der Waals surface area contributed by atoms with Crippen LogP contribution in [0.4, 0.5) is 0 Å². The SMILES string of the molecule is CCNC(=NCc1cccc(COC(C)C)c1)NCC(=O)N(C)C.I. The Kier molecular flexibility index (Phi) is 12.2. The third-order valence-corrected chi connectivity index (χ3v) is 3.24. The van der Waals surface area contributed by atoms with E-state index in [1.807, 2.05) is 32.9 Å². The van der Waals surface area contributed by atoms with Gasteiger partial charge in [0.1, 0.15) is 0 Å². The summed E-state index contributed by atoms with van der Waals surface area (Å²) >= 11 is 0. The Bertz CT molecular complexity index is 548. The third kappa shape index (κ3) is 10.3. The predicted molar refractivity (Wildman–Crippen MR) is 113 cm³/mol. The monoisotopic (exact) mass is 462 g/mol. The maximum absolute atomic E-state index is 11.7. The van der Waals surface area contributed by atoms with Crippen molar-refractivity contribution in [2.45, 2.75) is 40.0 Å². The first kappa shape index (κ1) is 23.6. The van der Waals surface area contributed by atoms with Crippen LogP contribution in [-0.4, -0.2) is 50.1 Å². The zero-order chi connectivity index (χ0) is 17.9. The van der Waals surface area contributed by atoms with Crippen molar-refractivity contribution < 1.29 is 9.53 Å². The first-order valence-corrected chi connectivity index (χ1v) is 8.34. The number of halogens is 1. The van der Waals surface area contributed by atoms with Crippen molar-refractivity contribution >= 4 is 35.8 Å². The summed E-state index contributed by atoms with van der Waals surface area (Å²) in [5.74, 6) is 0.643. The highest BCUT2D eigenvalue weighted by Gasteiger charge is 2.05. The molecule has 1 aromatic rings. The molecular formula is C18H31IN4O2. The van der Waals surface area contributed by atoms with Crippen LogP contribution in [-0.2, 0) is 22.7 Å². The van der Waals surface area contributed by atoms with Crippen molar-refractivity contribution in [3.05, 3.63) is 35.4 Å². The Morgan fingerprint density at radius 3 is 2.52 bits per heavy atom. The standard InChI is InChI=1S/C18H30N4O2.HI/c1-6-19-18(21-12-17(23)22(4)5)20-11-15-8-7-9-16(10-15)13-24-14(2)3;/h7-10,14H,6,11-13H2,1-5H3,(H2,19,20,21);1H. The van der Waals surface area contributed by atoms with Gasteiger partial charge >= 0.3 is 0 Å². The molecule has 2 N–H and O–H groups in total. The fourth-order valence-electron chi connectivity index (χ4n) is 1.91. The van der Waals surface area contributed by atoms with E-state index in [1.165, 1.54) is 0 Å². The smallest absolute Gasteiger partial charge is 0.241 e. The minimum Gasteiger partial charge on any atom is -0.374 e. The average molecular weight is 462 g/mol. The zero-order valence-electron chi connectivity index (χ0n) is 15.8. The van der Waals surface area contributed by atoms with Gasteiger partial charge in [-0.3, -0.25) is 4.79 Å². The van der Waals surface area contributed by atoms with Crippen LogP contribution in [0.3, 0.4) is 0 Å². The fraction of sp³-hybridized carbons (Fsp3) is 0.556. The number of ether oxygens (including phenoxy) is 1. The van der Waals surface area contributed by atoms with E-state index in [1.54, 1.807) is 19.0 Å². The van der Waals surface area contributed by atoms with Gasteiger partial charge in [-0.1, -0.05) is 24.3 Å². The van der Waals surface area contributed by atoms with E-state index < -0.39 is 0 Å². The topological polar surface area (TPSA) is 66.0 Å². The highest BCUT2D eigenvalue weighted by atomic mass is 127. The molecule has 0 saturated heterocycles. The highest BCUT2D eigenvalue weighted by molar-refractivity contribution is 14.0. The molecule has 0 fully saturated rings. The molecule has 7 heteroatoms. The van der Waals surface area contributed by atoms with Crippen LogP contribution < -0.4 is 10.6 Å². The number of aliphatic imine (C=N–C) groups is 1. The van der Waals surface area contributed by atoms with Gasteiger partial charge in [0.2, 0.25) is 5.91 Å². The fourth-order valence-corrected chi connectivity index (χ4v) is 1.91. The maximum Gasteiger partial charge on any atom is 0.241 e. The molecule has 0 atom stereocenters. The van der Waals surface area contributed by atoms with Gasteiger partial charge in [0.15, 0.2) is 5.96 Å². The molecule has 0 spiro atoms. The lowest BCUT2D eigenvalue weighted by molar-refractivity contribution is -0.127. The molecule has 25 heavy (non-hydrogen) atoms. The number of guanidine groups is 1. The molecule has 1 rings (SSSR count). The van der Waals surface area contributed by atoms with Crippen LogP contribution in [0.1, 0.15) is 31.9 Å². The lowest BCUT2D eigenvalue weighted by atomic mass is 10.1. The Hall–Kier alpha value is -1.35. The normalized spacial score (nSPS) is 11.0. The van der Waals surface area contributed by atoms with Crippen LogP contribution in [0.25, 0.3) is 0 Å². The van der Waals surface area contributed by atoms with Crippen LogP contribution >= 0.6 is 24.0 Å². The molecule has 1 amide bonds. The Morgan fingerprint density at radius 1 is 1.24 bits per heavy atom. The minimum absolute atomic E-state index is 0. The summed E-state index contributed by atoms with van der Waals surface area (Å²) in [5.41, 5.74) is 2.24. The van der Waals surface area contributed by atoms with Crippen LogP contribution in [0, 0.1) is 0 Å². The van der Waals surface area contributed by atoms with Gasteiger partial charge in [-0.25, -0.2) is 4.99 Å². The van der Waals surface area contributed by atoms with Gasteiger partial charge in [-0.2, -0.15) is 0 Å². The molecule has 0 bridgehead atoms. The van der Waals surface area contributed by atoms with Gasteiger partial charge in [0, 0.05) is 20.6 Å². The lowest BCUT2D eigenvalue weighted by Crippen LogP contribution is -2.42. The van der Waals surface area contributed by atoms with E-state index in [0.29, 0.717) is 19.1 Å². The number of hydrogen-bond donors (Lipinski definition) is 2. The number of carbonyl (C=O) groups is 1. The average Bonchev–Trinajstić information content (AvgIpc) is 2.55. The molecule has 1 aromatic carbocycles. The number of rotatable bonds is 8. The second-order valence-electron chi connectivity index (χ2n) is 6.02. The number of hydrogen-bond acceptors (Lipinski definition) is 3. The van der Waals surface area contributed by atoms with Crippen molar-refractivity contribution in [2.75, 3.05) is 27.2 Å². The second-order valence-corrected chi connectivity index (χ2v) is 6.02. The van der Waals surface area contributed by atoms with Gasteiger partial charge in [-0.05, 0) is 31.9 Å². The van der Waals surface area contributed by atoms with E-state index in [4.69, 9.17) is 4.74 Å². The van der Waals surface area contributed by atoms with E-state index in [0.717, 1.165) is 17.7 Å². The summed E-state index contributed by atoms with van der Waals surface area (Å²) in [6.45, 7) is 8.15. The largest absolute Gasteiger partial charge is 0.374 e. The number of nitrogens with one attached hydrogen (secondary N) is 2. The Morgan fingerprint density at radius 2 is 1.92 bits per heavy atom. The number of carbonyl (C=O) groups excluding carboxylic acids is 1. The predicted octanol–water partition coefficient (Wildman–Crippen LogP) is 2.37. The van der Waals surface area contributed by atoms with Crippen LogP contribution in [0.5, 0.6) is 0 Å². The van der Waals surface area contributed by atoms with E-state index >= 15 is 0 Å². The van der Waals surface area contributed by atoms with E-state index in [-0.39, 0.29) is 42.5 Å². The number of likely N-dealkylation sites (N-methyl/N-ethyl adjacent to an activating group) is 1. The van der Waals surface area contributed by atoms with Crippen molar-refractivity contribution in [1.29, 1.82) is 0 Å². The number of nitrogens with zero attached hydrogens (tertiary/aromatic N) is 2. The molecule has 0 aliphatic rings. The molecule has 0 aromatic heterocycles. The molecule has 0 aliphatic carbocycles. The van der Waals surface area contributed by atoms with Crippen LogP contribution in [0.2, 0.25) is 0 Å². The summed E-state index contributed by atoms with van der Waals surface area (Å²) < 4.78 is 5.63. The number of benzene rings is 1. The van der Waals surface area contributed by atoms with Gasteiger partial charge in [-0.15, -0.1) is 24.0 Å². The summed E-state index contributed by atoms with van der Waals surface area (Å²) in [6.07, 6.45) is 0.213. The molecule has 0 heterocycles. The molecule has 142 valence electrons. The molecule has 0 radical (unpaired) electrons. The molecular weight excluding hydrogens is 431 g/mol. The van der Waals surface area contributed by atoms with Crippen molar-refractivity contribution in [3.63, 3.8) is 0 Å². The quantitative estimate of drug-likeness (QED) is 0.354. The summed E-state index contributed by atoms with van der Waals surface area (Å²) in [4.78, 5) is 17.7. The van der Waals surface area contributed by atoms with Gasteiger partial charge < -0.3 is 20.3 Å². The summed E-state index contributed by atoms with van der Waals surface area (Å²) in [7, 11) is 3.47. The maximum atomic E-state index is 11.7. The van der Waals surface area contributed by atoms with Crippen molar-refractivity contribution in [2.24, 2.45) is 4.99 Å². The van der Waals surface area contributed by atoms with E-state index in [9.17, 15) is 4.79 Å². The first-order chi connectivity index (χ1) is 11.4. The Labute approximate surface area is 168 Å². The summed E-state index contributed by atoms with van der Waals surface area (Å²) in [5, 5.41) is 6.20. The first-order valence-electron chi connectivity index (χ1n) is 8.34. The third-order valence-electron chi connectivity index (χ3n) is 3.24. The van der Waals surface area contributed by atoms with Crippen LogP contribution in [0.15, 0.2) is 29.3 Å². The second kappa shape index (κ2) is 12.9.